The molecule has 0 amide bonds. The van der Waals surface area contributed by atoms with Gasteiger partial charge in [0.1, 0.15) is 4.90 Å². The van der Waals surface area contributed by atoms with E-state index in [-0.39, 0.29) is 10.6 Å². The Labute approximate surface area is 125 Å². The maximum absolute atomic E-state index is 12.2. The van der Waals surface area contributed by atoms with Gasteiger partial charge in [0.2, 0.25) is 5.88 Å². The van der Waals surface area contributed by atoms with Gasteiger partial charge in [0, 0.05) is 10.5 Å². The first-order valence-electron chi connectivity index (χ1n) is 5.50. The molecule has 0 saturated heterocycles. The predicted octanol–water partition coefficient (Wildman–Crippen LogP) is 2.24. The lowest BCUT2D eigenvalue weighted by atomic mass is 10.3. The van der Waals surface area contributed by atoms with Gasteiger partial charge in [-0.3, -0.25) is 4.72 Å². The number of nitrogens with one attached hydrogen (secondary N) is 1. The lowest BCUT2D eigenvalue weighted by Crippen LogP contribution is -2.14. The number of hydrogen-bond acceptors (Lipinski definition) is 5. The van der Waals surface area contributed by atoms with Crippen LogP contribution in [0.2, 0.25) is 0 Å². The summed E-state index contributed by atoms with van der Waals surface area (Å²) in [6.07, 6.45) is 1.37. The molecule has 0 aliphatic carbocycles. The van der Waals surface area contributed by atoms with Crippen molar-refractivity contribution in [2.24, 2.45) is 0 Å². The number of rotatable bonds is 4. The Bertz CT molecular complexity index is 717. The number of anilines is 2. The Morgan fingerprint density at radius 3 is 2.60 bits per heavy atom. The molecule has 0 spiro atoms. The molecule has 3 N–H and O–H groups in total. The number of halogens is 1. The van der Waals surface area contributed by atoms with Crippen LogP contribution >= 0.6 is 15.9 Å². The number of hydrogen-bond donors (Lipinski definition) is 2. The van der Waals surface area contributed by atoms with Crippen molar-refractivity contribution in [1.82, 2.24) is 4.98 Å². The molecular formula is C12H12BrN3O3S. The third-order valence-electron chi connectivity index (χ3n) is 2.46. The summed E-state index contributed by atoms with van der Waals surface area (Å²) in [6, 6.07) is 7.68. The van der Waals surface area contributed by atoms with Crippen molar-refractivity contribution in [2.45, 2.75) is 4.90 Å². The number of nitrogens with two attached hydrogens (primary N) is 1. The summed E-state index contributed by atoms with van der Waals surface area (Å²) in [5.41, 5.74) is 6.21. The number of sulfonamides is 1. The fourth-order valence-corrected chi connectivity index (χ4v) is 3.07. The van der Waals surface area contributed by atoms with Crippen LogP contribution in [0.15, 0.2) is 45.9 Å². The van der Waals surface area contributed by atoms with E-state index in [1.165, 1.54) is 25.4 Å². The number of nitrogen functional groups attached to an aromatic ring is 1. The van der Waals surface area contributed by atoms with E-state index >= 15 is 0 Å². The van der Waals surface area contributed by atoms with Crippen LogP contribution in [0, 0.1) is 0 Å². The topological polar surface area (TPSA) is 94.3 Å². The molecule has 0 unspecified atom stereocenters. The second-order valence-corrected chi connectivity index (χ2v) is 6.44. The first kappa shape index (κ1) is 14.6. The summed E-state index contributed by atoms with van der Waals surface area (Å²) in [4.78, 5) is 3.93. The number of methoxy groups -OCH3 is 1. The summed E-state index contributed by atoms with van der Waals surface area (Å²) in [6.45, 7) is 0. The highest BCUT2D eigenvalue weighted by atomic mass is 79.9. The zero-order valence-electron chi connectivity index (χ0n) is 10.5. The van der Waals surface area contributed by atoms with Gasteiger partial charge < -0.3 is 10.5 Å². The van der Waals surface area contributed by atoms with Crippen molar-refractivity contribution < 1.29 is 13.2 Å². The van der Waals surface area contributed by atoms with Crippen LogP contribution in [0.25, 0.3) is 0 Å². The summed E-state index contributed by atoms with van der Waals surface area (Å²) >= 11 is 3.23. The van der Waals surface area contributed by atoms with Gasteiger partial charge in [-0.05, 0) is 24.3 Å². The van der Waals surface area contributed by atoms with E-state index < -0.39 is 10.0 Å². The average molecular weight is 358 g/mol. The molecule has 0 saturated carbocycles. The van der Waals surface area contributed by atoms with E-state index in [9.17, 15) is 8.42 Å². The van der Waals surface area contributed by atoms with Gasteiger partial charge in [-0.15, -0.1) is 0 Å². The monoisotopic (exact) mass is 357 g/mol. The van der Waals surface area contributed by atoms with Crippen LogP contribution in [0.4, 0.5) is 11.4 Å². The number of benzene rings is 1. The Morgan fingerprint density at radius 1 is 1.30 bits per heavy atom. The number of pyridine rings is 1. The summed E-state index contributed by atoms with van der Waals surface area (Å²) < 4.78 is 32.5. The zero-order chi connectivity index (χ0) is 14.8. The minimum atomic E-state index is -3.76. The Morgan fingerprint density at radius 2 is 2.05 bits per heavy atom. The van der Waals surface area contributed by atoms with E-state index in [4.69, 9.17) is 10.5 Å². The highest BCUT2D eigenvalue weighted by Gasteiger charge is 2.17. The largest absolute Gasteiger partial charge is 0.481 e. The van der Waals surface area contributed by atoms with Crippen LogP contribution < -0.4 is 15.2 Å². The van der Waals surface area contributed by atoms with E-state index in [0.717, 1.165) is 0 Å². The summed E-state index contributed by atoms with van der Waals surface area (Å²) in [5.74, 6) is 0.399. The molecule has 2 rings (SSSR count). The maximum Gasteiger partial charge on any atom is 0.263 e. The van der Waals surface area contributed by atoms with Crippen molar-refractivity contribution >= 4 is 37.3 Å². The molecule has 8 heteroatoms. The number of nitrogens with zero attached hydrogens (tertiary/aromatic N) is 1. The van der Waals surface area contributed by atoms with Gasteiger partial charge in [-0.25, -0.2) is 13.4 Å². The number of aromatic nitrogens is 1. The maximum atomic E-state index is 12.2. The smallest absolute Gasteiger partial charge is 0.263 e. The molecule has 2 aromatic rings. The van der Waals surface area contributed by atoms with Gasteiger partial charge in [-0.1, -0.05) is 15.9 Å². The van der Waals surface area contributed by atoms with Crippen LogP contribution in [0.5, 0.6) is 5.88 Å². The second kappa shape index (κ2) is 5.68. The minimum Gasteiger partial charge on any atom is -0.481 e. The van der Waals surface area contributed by atoms with Crippen LogP contribution in [0.3, 0.4) is 0 Å². The predicted molar refractivity (Wildman–Crippen MR) is 80.2 cm³/mol. The molecule has 0 radical (unpaired) electrons. The van der Waals surface area contributed by atoms with Crippen LogP contribution in [-0.4, -0.2) is 20.5 Å². The van der Waals surface area contributed by atoms with E-state index in [0.29, 0.717) is 16.0 Å². The van der Waals surface area contributed by atoms with Gasteiger partial charge in [-0.2, -0.15) is 0 Å². The van der Waals surface area contributed by atoms with Crippen molar-refractivity contribution in [3.05, 3.63) is 41.0 Å². The fraction of sp³-hybridized carbons (Fsp3) is 0.0833. The molecule has 106 valence electrons. The molecule has 0 atom stereocenters. The van der Waals surface area contributed by atoms with Crippen molar-refractivity contribution in [3.8, 4) is 5.88 Å². The van der Waals surface area contributed by atoms with Crippen molar-refractivity contribution in [3.63, 3.8) is 0 Å². The van der Waals surface area contributed by atoms with Crippen molar-refractivity contribution in [1.29, 1.82) is 0 Å². The van der Waals surface area contributed by atoms with Crippen LogP contribution in [0.1, 0.15) is 0 Å². The van der Waals surface area contributed by atoms with E-state index in [1.54, 1.807) is 18.2 Å². The third kappa shape index (κ3) is 3.20. The molecule has 1 aromatic heterocycles. The standard InChI is InChI=1S/C12H12BrN3O3S/c1-19-12-5-3-9(7-15-12)16-20(17,18)11-4-2-8(13)6-10(11)14/h2-7,16H,14H2,1H3. The Kier molecular flexibility index (Phi) is 4.15. The molecule has 0 aliphatic heterocycles. The SMILES string of the molecule is COc1ccc(NS(=O)(=O)c2ccc(Br)cc2N)cn1. The lowest BCUT2D eigenvalue weighted by Gasteiger charge is -2.10. The third-order valence-corrected chi connectivity index (χ3v) is 4.41. The average Bonchev–Trinajstić information content (AvgIpc) is 2.38. The first-order chi connectivity index (χ1) is 9.42. The van der Waals surface area contributed by atoms with Gasteiger partial charge in [0.25, 0.3) is 10.0 Å². The number of ether oxygens (including phenoxy) is 1. The van der Waals surface area contributed by atoms with E-state index in [1.807, 2.05) is 0 Å². The molecule has 0 bridgehead atoms. The molecule has 0 aliphatic rings. The van der Waals surface area contributed by atoms with Gasteiger partial charge >= 0.3 is 0 Å². The molecule has 20 heavy (non-hydrogen) atoms. The zero-order valence-corrected chi connectivity index (χ0v) is 12.9. The highest BCUT2D eigenvalue weighted by Crippen LogP contribution is 2.25. The highest BCUT2D eigenvalue weighted by molar-refractivity contribution is 9.10. The van der Waals surface area contributed by atoms with Gasteiger partial charge in [0.05, 0.1) is 24.7 Å². The summed E-state index contributed by atoms with van der Waals surface area (Å²) in [7, 11) is -2.28. The second-order valence-electron chi connectivity index (χ2n) is 3.88. The molecular weight excluding hydrogens is 346 g/mol. The normalized spacial score (nSPS) is 11.1. The Hall–Kier alpha value is -1.80. The molecule has 1 heterocycles. The fourth-order valence-electron chi connectivity index (χ4n) is 1.54. The molecule has 6 nitrogen and oxygen atoms in total. The lowest BCUT2D eigenvalue weighted by molar-refractivity contribution is 0.398. The quantitative estimate of drug-likeness (QED) is 0.818. The molecule has 0 fully saturated rings. The first-order valence-corrected chi connectivity index (χ1v) is 7.78. The van der Waals surface area contributed by atoms with Gasteiger partial charge in [0.15, 0.2) is 0 Å². The van der Waals surface area contributed by atoms with Crippen LogP contribution in [-0.2, 0) is 10.0 Å². The minimum absolute atomic E-state index is 0.0107. The summed E-state index contributed by atoms with van der Waals surface area (Å²) in [5, 5.41) is 0. The molecule has 1 aromatic carbocycles. The van der Waals surface area contributed by atoms with E-state index in [2.05, 4.69) is 25.6 Å². The van der Waals surface area contributed by atoms with Crippen molar-refractivity contribution in [2.75, 3.05) is 17.6 Å². The Balaban J connectivity index is 2.30.